The fourth-order valence-electron chi connectivity index (χ4n) is 3.18. The molecule has 0 aromatic rings. The molecular formula is C14H26N2O4. The van der Waals surface area contributed by atoms with E-state index in [0.717, 1.165) is 25.7 Å². The zero-order valence-corrected chi connectivity index (χ0v) is 11.8. The average Bonchev–Trinajstić information content (AvgIpc) is 2.68. The summed E-state index contributed by atoms with van der Waals surface area (Å²) >= 11 is 0. The standard InChI is InChI=1S/C14H26N2O4/c17-8-11-13(19)12(18)10(16-11)7-15-14(20)9-5-3-1-2-4-6-9/h9-13,16-19H,1-8H2,(H,15,20)/t10-,11+,12+,13-/m0/s1. The van der Waals surface area contributed by atoms with E-state index in [1.54, 1.807) is 0 Å². The van der Waals surface area contributed by atoms with Gasteiger partial charge in [-0.05, 0) is 12.8 Å². The van der Waals surface area contributed by atoms with E-state index in [4.69, 9.17) is 5.11 Å². The maximum Gasteiger partial charge on any atom is 0.223 e. The van der Waals surface area contributed by atoms with Crippen LogP contribution in [0.1, 0.15) is 38.5 Å². The van der Waals surface area contributed by atoms with Gasteiger partial charge in [-0.25, -0.2) is 0 Å². The van der Waals surface area contributed by atoms with Gasteiger partial charge in [0.2, 0.25) is 5.91 Å². The Morgan fingerprint density at radius 3 is 2.20 bits per heavy atom. The molecule has 0 bridgehead atoms. The quantitative estimate of drug-likeness (QED) is 0.432. The molecule has 0 unspecified atom stereocenters. The zero-order chi connectivity index (χ0) is 14.5. The third-order valence-corrected chi connectivity index (χ3v) is 4.52. The number of amides is 1. The molecule has 1 aliphatic heterocycles. The van der Waals surface area contributed by atoms with Crippen molar-refractivity contribution in [1.29, 1.82) is 0 Å². The lowest BCUT2D eigenvalue weighted by atomic mass is 9.99. The van der Waals surface area contributed by atoms with E-state index in [9.17, 15) is 15.0 Å². The summed E-state index contributed by atoms with van der Waals surface area (Å²) in [5.74, 6) is 0.123. The highest BCUT2D eigenvalue weighted by Crippen LogP contribution is 2.23. The van der Waals surface area contributed by atoms with Crippen molar-refractivity contribution >= 4 is 5.91 Å². The van der Waals surface area contributed by atoms with Crippen LogP contribution in [0.3, 0.4) is 0 Å². The molecule has 2 rings (SSSR count). The van der Waals surface area contributed by atoms with E-state index >= 15 is 0 Å². The highest BCUT2D eigenvalue weighted by molar-refractivity contribution is 5.78. The number of hydrogen-bond acceptors (Lipinski definition) is 5. The molecule has 5 N–H and O–H groups in total. The summed E-state index contributed by atoms with van der Waals surface area (Å²) in [6.45, 7) is 0.0510. The van der Waals surface area contributed by atoms with Crippen molar-refractivity contribution in [3.8, 4) is 0 Å². The highest BCUT2D eigenvalue weighted by atomic mass is 16.3. The Kier molecular flexibility index (Phi) is 5.77. The lowest BCUT2D eigenvalue weighted by molar-refractivity contribution is -0.125. The van der Waals surface area contributed by atoms with E-state index < -0.39 is 24.3 Å². The van der Waals surface area contributed by atoms with Gasteiger partial charge in [0, 0.05) is 12.5 Å². The van der Waals surface area contributed by atoms with Crippen LogP contribution in [0.25, 0.3) is 0 Å². The monoisotopic (exact) mass is 286 g/mol. The topological polar surface area (TPSA) is 102 Å². The zero-order valence-electron chi connectivity index (χ0n) is 11.8. The van der Waals surface area contributed by atoms with Crippen molar-refractivity contribution in [2.45, 2.75) is 62.8 Å². The Balaban J connectivity index is 1.78. The van der Waals surface area contributed by atoms with Gasteiger partial charge in [-0.15, -0.1) is 0 Å². The Morgan fingerprint density at radius 2 is 1.65 bits per heavy atom. The normalized spacial score (nSPS) is 35.8. The Labute approximate surface area is 119 Å². The summed E-state index contributed by atoms with van der Waals surface area (Å²) in [5, 5.41) is 34.4. The number of aliphatic hydroxyl groups excluding tert-OH is 3. The summed E-state index contributed by atoms with van der Waals surface area (Å²) in [6, 6.07) is -0.929. The molecule has 0 spiro atoms. The van der Waals surface area contributed by atoms with Gasteiger partial charge in [-0.3, -0.25) is 4.79 Å². The number of carbonyl (C=O) groups excluding carboxylic acids is 1. The van der Waals surface area contributed by atoms with Gasteiger partial charge in [-0.2, -0.15) is 0 Å². The summed E-state index contributed by atoms with van der Waals surface area (Å²) in [5.41, 5.74) is 0. The van der Waals surface area contributed by atoms with Gasteiger partial charge in [0.05, 0.1) is 30.9 Å². The van der Waals surface area contributed by atoms with Crippen LogP contribution in [0.4, 0.5) is 0 Å². The van der Waals surface area contributed by atoms with Crippen molar-refractivity contribution in [1.82, 2.24) is 10.6 Å². The van der Waals surface area contributed by atoms with Gasteiger partial charge >= 0.3 is 0 Å². The van der Waals surface area contributed by atoms with Gasteiger partial charge in [-0.1, -0.05) is 25.7 Å². The molecule has 0 radical (unpaired) electrons. The molecular weight excluding hydrogens is 260 g/mol. The van der Waals surface area contributed by atoms with E-state index in [1.807, 2.05) is 0 Å². The predicted octanol–water partition coefficient (Wildman–Crippen LogP) is -0.872. The van der Waals surface area contributed by atoms with E-state index in [-0.39, 0.29) is 25.0 Å². The second-order valence-electron chi connectivity index (χ2n) is 5.98. The molecule has 2 fully saturated rings. The van der Waals surface area contributed by atoms with Gasteiger partial charge < -0.3 is 26.0 Å². The van der Waals surface area contributed by atoms with Gasteiger partial charge in [0.25, 0.3) is 0 Å². The second-order valence-corrected chi connectivity index (χ2v) is 5.98. The number of aliphatic hydroxyl groups is 3. The van der Waals surface area contributed by atoms with Crippen LogP contribution in [-0.4, -0.2) is 58.7 Å². The summed E-state index contributed by atoms with van der Waals surface area (Å²) in [7, 11) is 0. The largest absolute Gasteiger partial charge is 0.395 e. The highest BCUT2D eigenvalue weighted by Gasteiger charge is 2.40. The Bertz CT molecular complexity index is 318. The summed E-state index contributed by atoms with van der Waals surface area (Å²) in [6.07, 6.45) is 4.56. The first-order chi connectivity index (χ1) is 9.63. The van der Waals surface area contributed by atoms with E-state index in [2.05, 4.69) is 10.6 Å². The van der Waals surface area contributed by atoms with Gasteiger partial charge in [0.1, 0.15) is 0 Å². The molecule has 1 aliphatic carbocycles. The number of rotatable bonds is 4. The fraction of sp³-hybridized carbons (Fsp3) is 0.929. The predicted molar refractivity (Wildman–Crippen MR) is 74.0 cm³/mol. The molecule has 1 saturated heterocycles. The fourth-order valence-corrected chi connectivity index (χ4v) is 3.18. The van der Waals surface area contributed by atoms with Crippen molar-refractivity contribution in [2.75, 3.05) is 13.2 Å². The molecule has 0 aromatic heterocycles. The van der Waals surface area contributed by atoms with E-state index in [0.29, 0.717) is 0 Å². The second kappa shape index (κ2) is 7.36. The van der Waals surface area contributed by atoms with Crippen LogP contribution in [-0.2, 0) is 4.79 Å². The first-order valence-corrected chi connectivity index (χ1v) is 7.64. The number of hydrogen-bond donors (Lipinski definition) is 5. The molecule has 6 heteroatoms. The van der Waals surface area contributed by atoms with Crippen molar-refractivity contribution < 1.29 is 20.1 Å². The van der Waals surface area contributed by atoms with Crippen molar-refractivity contribution in [3.63, 3.8) is 0 Å². The van der Waals surface area contributed by atoms with Crippen LogP contribution < -0.4 is 10.6 Å². The summed E-state index contributed by atoms with van der Waals surface area (Å²) in [4.78, 5) is 12.1. The van der Waals surface area contributed by atoms with Gasteiger partial charge in [0.15, 0.2) is 0 Å². The molecule has 1 heterocycles. The minimum atomic E-state index is -0.986. The Hall–Kier alpha value is -0.690. The van der Waals surface area contributed by atoms with Crippen LogP contribution in [0, 0.1) is 5.92 Å². The summed E-state index contributed by atoms with van der Waals surface area (Å²) < 4.78 is 0. The molecule has 2 aliphatic rings. The SMILES string of the molecule is O=C(NC[C@@H]1N[C@H](CO)[C@H](O)[C@@H]1O)C1CCCCCC1. The van der Waals surface area contributed by atoms with Crippen LogP contribution >= 0.6 is 0 Å². The maximum atomic E-state index is 12.1. The molecule has 0 aromatic carbocycles. The van der Waals surface area contributed by atoms with Crippen molar-refractivity contribution in [3.05, 3.63) is 0 Å². The molecule has 4 atom stereocenters. The molecule has 20 heavy (non-hydrogen) atoms. The number of carbonyl (C=O) groups is 1. The molecule has 116 valence electrons. The average molecular weight is 286 g/mol. The Morgan fingerprint density at radius 1 is 1.05 bits per heavy atom. The molecule has 6 nitrogen and oxygen atoms in total. The van der Waals surface area contributed by atoms with E-state index in [1.165, 1.54) is 12.8 Å². The first-order valence-electron chi connectivity index (χ1n) is 7.64. The lowest BCUT2D eigenvalue weighted by Crippen LogP contribution is -2.45. The minimum Gasteiger partial charge on any atom is -0.395 e. The van der Waals surface area contributed by atoms with Crippen LogP contribution in [0.5, 0.6) is 0 Å². The third kappa shape index (κ3) is 3.69. The first kappa shape index (κ1) is 15.7. The smallest absolute Gasteiger partial charge is 0.223 e. The lowest BCUT2D eigenvalue weighted by Gasteiger charge is -2.19. The molecule has 1 amide bonds. The van der Waals surface area contributed by atoms with Crippen LogP contribution in [0.15, 0.2) is 0 Å². The van der Waals surface area contributed by atoms with Crippen LogP contribution in [0.2, 0.25) is 0 Å². The number of nitrogens with one attached hydrogen (secondary N) is 2. The third-order valence-electron chi connectivity index (χ3n) is 4.52. The van der Waals surface area contributed by atoms with Crippen molar-refractivity contribution in [2.24, 2.45) is 5.92 Å². The maximum absolute atomic E-state index is 12.1. The molecule has 1 saturated carbocycles. The minimum absolute atomic E-state index is 0.0443.